The van der Waals surface area contributed by atoms with Crippen LogP contribution in [-0.2, 0) is 21.5 Å². The zero-order valence-electron chi connectivity index (χ0n) is 25.2. The first kappa shape index (κ1) is 28.8. The molecule has 1 aliphatic carbocycles. The average Bonchev–Trinajstić information content (AvgIpc) is 3.27. The summed E-state index contributed by atoms with van der Waals surface area (Å²) in [6.45, 7) is 2.39. The molecule has 0 aromatic heterocycles. The van der Waals surface area contributed by atoms with E-state index in [-0.39, 0.29) is 12.0 Å². The van der Waals surface area contributed by atoms with Crippen molar-refractivity contribution in [1.82, 2.24) is 4.90 Å². The van der Waals surface area contributed by atoms with Crippen LogP contribution in [0.25, 0.3) is 5.70 Å². The molecule has 0 atom stereocenters. The number of hydrogen-bond acceptors (Lipinski definition) is 7. The van der Waals surface area contributed by atoms with Gasteiger partial charge in [-0.3, -0.25) is 4.79 Å². The average molecular weight is 581 g/mol. The van der Waals surface area contributed by atoms with E-state index in [1.807, 2.05) is 65.6 Å². The van der Waals surface area contributed by atoms with Crippen LogP contribution >= 0.6 is 0 Å². The monoisotopic (exact) mass is 580 g/mol. The second-order valence-corrected chi connectivity index (χ2v) is 11.7. The molecule has 2 aliphatic heterocycles. The minimum Gasteiger partial charge on any atom is -0.497 e. The van der Waals surface area contributed by atoms with Crippen LogP contribution < -0.4 is 19.7 Å². The van der Waals surface area contributed by atoms with Crippen molar-refractivity contribution in [2.45, 2.75) is 50.2 Å². The van der Waals surface area contributed by atoms with Crippen molar-refractivity contribution in [1.29, 1.82) is 5.41 Å². The third-order valence-corrected chi connectivity index (χ3v) is 9.11. The third kappa shape index (κ3) is 5.47. The predicted molar refractivity (Wildman–Crippen MR) is 170 cm³/mol. The number of benzene rings is 3. The van der Waals surface area contributed by atoms with Crippen LogP contribution in [0.1, 0.15) is 48.8 Å². The third-order valence-electron chi connectivity index (χ3n) is 9.11. The number of hydrogen-bond donors (Lipinski definition) is 2. The normalized spacial score (nSPS) is 18.5. The molecule has 43 heavy (non-hydrogen) atoms. The van der Waals surface area contributed by atoms with Gasteiger partial charge in [0.2, 0.25) is 5.91 Å². The molecule has 8 heteroatoms. The van der Waals surface area contributed by atoms with Crippen molar-refractivity contribution in [3.63, 3.8) is 0 Å². The van der Waals surface area contributed by atoms with Gasteiger partial charge in [-0.15, -0.1) is 0 Å². The summed E-state index contributed by atoms with van der Waals surface area (Å²) in [4.78, 5) is 18.6. The van der Waals surface area contributed by atoms with E-state index in [1.54, 1.807) is 14.2 Å². The Hall–Kier alpha value is -4.30. The number of piperidine rings is 1. The van der Waals surface area contributed by atoms with Gasteiger partial charge in [0, 0.05) is 24.3 Å². The lowest BCUT2D eigenvalue weighted by Crippen LogP contribution is -2.44. The van der Waals surface area contributed by atoms with Gasteiger partial charge in [-0.1, -0.05) is 36.8 Å². The SMILES string of the molecule is CO/C(C=N)=C(/Nc1ccccc1)c1cc(OC2CCN(C)CC2)c2c(c1)C1(CCC1)C(=O)N2Cc1ccc(OC)cc1. The number of fused-ring (bicyclic) bond motifs is 2. The number of rotatable bonds is 10. The van der Waals surface area contributed by atoms with Gasteiger partial charge in [0.25, 0.3) is 0 Å². The summed E-state index contributed by atoms with van der Waals surface area (Å²) in [5.74, 6) is 2.03. The minimum absolute atomic E-state index is 0.0468. The maximum atomic E-state index is 14.4. The second kappa shape index (κ2) is 12.1. The predicted octanol–water partition coefficient (Wildman–Crippen LogP) is 6.21. The number of nitrogens with one attached hydrogen (secondary N) is 2. The molecule has 224 valence electrons. The maximum absolute atomic E-state index is 14.4. The fraction of sp³-hybridized carbons (Fsp3) is 0.371. The highest BCUT2D eigenvalue weighted by atomic mass is 16.5. The maximum Gasteiger partial charge on any atom is 0.238 e. The van der Waals surface area contributed by atoms with E-state index in [2.05, 4.69) is 23.3 Å². The smallest absolute Gasteiger partial charge is 0.238 e. The summed E-state index contributed by atoms with van der Waals surface area (Å²) in [6, 6.07) is 21.9. The van der Waals surface area contributed by atoms with Crippen LogP contribution in [0.4, 0.5) is 11.4 Å². The molecular formula is C35H40N4O4. The molecule has 0 unspecified atom stereocenters. The van der Waals surface area contributed by atoms with Crippen molar-refractivity contribution in [2.24, 2.45) is 0 Å². The molecule has 6 rings (SSSR count). The van der Waals surface area contributed by atoms with Gasteiger partial charge in [0.05, 0.1) is 43.8 Å². The Morgan fingerprint density at radius 1 is 1.05 bits per heavy atom. The van der Waals surface area contributed by atoms with Crippen molar-refractivity contribution < 1.29 is 19.0 Å². The van der Waals surface area contributed by atoms with E-state index in [9.17, 15) is 4.79 Å². The van der Waals surface area contributed by atoms with E-state index in [4.69, 9.17) is 19.6 Å². The van der Waals surface area contributed by atoms with Gasteiger partial charge >= 0.3 is 0 Å². The topological polar surface area (TPSA) is 87.1 Å². The van der Waals surface area contributed by atoms with Gasteiger partial charge < -0.3 is 34.7 Å². The molecule has 1 spiro atoms. The number of ether oxygens (including phenoxy) is 3. The lowest BCUT2D eigenvalue weighted by Gasteiger charge is -2.37. The Morgan fingerprint density at radius 3 is 2.37 bits per heavy atom. The summed E-state index contributed by atoms with van der Waals surface area (Å²) in [6.07, 6.45) is 5.72. The highest BCUT2D eigenvalue weighted by Gasteiger charge is 2.55. The minimum atomic E-state index is -0.571. The quantitative estimate of drug-likeness (QED) is 0.219. The number of amides is 1. The van der Waals surface area contributed by atoms with Crippen LogP contribution in [0.3, 0.4) is 0 Å². The van der Waals surface area contributed by atoms with Gasteiger partial charge in [0.1, 0.15) is 17.6 Å². The zero-order chi connectivity index (χ0) is 30.0. The fourth-order valence-electron chi connectivity index (χ4n) is 6.50. The van der Waals surface area contributed by atoms with Crippen molar-refractivity contribution >= 4 is 29.2 Å². The molecule has 1 saturated heterocycles. The Balaban J connectivity index is 1.49. The highest BCUT2D eigenvalue weighted by molar-refractivity contribution is 6.10. The summed E-state index contributed by atoms with van der Waals surface area (Å²) in [7, 11) is 5.37. The molecule has 2 fully saturated rings. The Morgan fingerprint density at radius 2 is 1.77 bits per heavy atom. The summed E-state index contributed by atoms with van der Waals surface area (Å²) >= 11 is 0. The zero-order valence-corrected chi connectivity index (χ0v) is 25.2. The van der Waals surface area contributed by atoms with Gasteiger partial charge in [-0.2, -0.15) is 0 Å². The summed E-state index contributed by atoms with van der Waals surface area (Å²) in [5, 5.41) is 11.6. The Labute approximate surface area is 253 Å². The molecule has 2 N–H and O–H groups in total. The lowest BCUT2D eigenvalue weighted by atomic mass is 9.65. The molecule has 1 amide bonds. The number of methoxy groups -OCH3 is 2. The van der Waals surface area contributed by atoms with E-state index >= 15 is 0 Å². The number of carbonyl (C=O) groups is 1. The molecule has 0 radical (unpaired) electrons. The molecule has 3 aliphatic rings. The Bertz CT molecular complexity index is 1510. The lowest BCUT2D eigenvalue weighted by molar-refractivity contribution is -0.126. The molecule has 1 saturated carbocycles. The molecule has 0 bridgehead atoms. The summed E-state index contributed by atoms with van der Waals surface area (Å²) < 4.78 is 17.9. The molecule has 2 heterocycles. The second-order valence-electron chi connectivity index (χ2n) is 11.7. The number of likely N-dealkylation sites (tertiary alicyclic amines) is 1. The van der Waals surface area contributed by atoms with E-state index in [0.717, 1.165) is 79.0 Å². The first-order chi connectivity index (χ1) is 21.0. The van der Waals surface area contributed by atoms with Gasteiger partial charge in [-0.25, -0.2) is 0 Å². The van der Waals surface area contributed by atoms with E-state index in [1.165, 1.54) is 6.21 Å². The van der Waals surface area contributed by atoms with Crippen LogP contribution in [0.2, 0.25) is 0 Å². The number of para-hydroxylation sites is 1. The van der Waals surface area contributed by atoms with Crippen LogP contribution in [-0.4, -0.2) is 57.5 Å². The van der Waals surface area contributed by atoms with Crippen molar-refractivity contribution in [3.05, 3.63) is 89.2 Å². The molecule has 3 aromatic carbocycles. The van der Waals surface area contributed by atoms with Gasteiger partial charge in [0.15, 0.2) is 5.76 Å². The van der Waals surface area contributed by atoms with Crippen LogP contribution in [0.5, 0.6) is 11.5 Å². The number of anilines is 2. The van der Waals surface area contributed by atoms with Crippen molar-refractivity contribution in [2.75, 3.05) is 44.6 Å². The number of allylic oxidation sites excluding steroid dienone is 1. The first-order valence-corrected chi connectivity index (χ1v) is 15.1. The molecular weight excluding hydrogens is 540 g/mol. The highest BCUT2D eigenvalue weighted by Crippen LogP contribution is 2.57. The number of carbonyl (C=O) groups excluding carboxylic acids is 1. The fourth-order valence-corrected chi connectivity index (χ4v) is 6.50. The van der Waals surface area contributed by atoms with E-state index < -0.39 is 5.41 Å². The summed E-state index contributed by atoms with van der Waals surface area (Å²) in [5.41, 5.74) is 4.71. The molecule has 3 aromatic rings. The van der Waals surface area contributed by atoms with Crippen LogP contribution in [0, 0.1) is 5.41 Å². The standard InChI is InChI=1S/C35H40N4O4/c1-38-18-14-28(15-19-38)43-30-21-25(32(31(22-36)42-3)37-26-8-5-4-6-9-26)20-29-33(30)39(34(40)35(29)16-7-17-35)23-24-10-12-27(41-2)13-11-24/h4-6,8-13,20-22,28,36-37H,7,14-19,23H2,1-3H3/b32-31+,36-22?. The van der Waals surface area contributed by atoms with Crippen LogP contribution in [0.15, 0.2) is 72.5 Å². The molecule has 8 nitrogen and oxygen atoms in total. The largest absolute Gasteiger partial charge is 0.497 e. The van der Waals surface area contributed by atoms with E-state index in [0.29, 0.717) is 23.8 Å². The Kier molecular flexibility index (Phi) is 8.13. The van der Waals surface area contributed by atoms with Crippen molar-refractivity contribution in [3.8, 4) is 11.5 Å². The van der Waals surface area contributed by atoms with Gasteiger partial charge in [-0.05, 0) is 80.3 Å². The first-order valence-electron chi connectivity index (χ1n) is 15.1. The number of nitrogens with zero attached hydrogens (tertiary/aromatic N) is 2.